The molecule has 2 aromatic carbocycles. The Morgan fingerprint density at radius 3 is 2.59 bits per heavy atom. The number of hydrogen-bond donors (Lipinski definition) is 2. The first-order valence-electron chi connectivity index (χ1n) is 8.78. The highest BCUT2D eigenvalue weighted by atomic mass is 19.2. The molecule has 0 radical (unpaired) electrons. The van der Waals surface area contributed by atoms with Gasteiger partial charge in [0, 0.05) is 13.1 Å². The van der Waals surface area contributed by atoms with E-state index in [9.17, 15) is 18.4 Å². The number of halogens is 2. The van der Waals surface area contributed by atoms with E-state index >= 15 is 0 Å². The van der Waals surface area contributed by atoms with Gasteiger partial charge in [-0.1, -0.05) is 30.3 Å². The van der Waals surface area contributed by atoms with Crippen molar-refractivity contribution in [2.24, 2.45) is 0 Å². The Kier molecular flexibility index (Phi) is 5.69. The smallest absolute Gasteiger partial charge is 0.315 e. The maximum absolute atomic E-state index is 13.3. The van der Waals surface area contributed by atoms with Crippen LogP contribution in [-0.2, 0) is 17.8 Å². The van der Waals surface area contributed by atoms with E-state index in [1.54, 1.807) is 11.8 Å². The van der Waals surface area contributed by atoms with E-state index in [0.29, 0.717) is 18.7 Å². The fourth-order valence-corrected chi connectivity index (χ4v) is 3.09. The zero-order chi connectivity index (χ0) is 19.4. The van der Waals surface area contributed by atoms with E-state index < -0.39 is 23.7 Å². The number of nitrogens with zero attached hydrogens (tertiary/aromatic N) is 1. The minimum absolute atomic E-state index is 0.126. The van der Waals surface area contributed by atoms with Gasteiger partial charge in [0.15, 0.2) is 11.6 Å². The summed E-state index contributed by atoms with van der Waals surface area (Å²) in [6.45, 7) is 2.67. The number of carbonyl (C=O) groups excluding carboxylic acids is 2. The van der Waals surface area contributed by atoms with E-state index in [0.717, 1.165) is 24.1 Å². The van der Waals surface area contributed by atoms with E-state index in [1.165, 1.54) is 11.6 Å². The van der Waals surface area contributed by atoms with Gasteiger partial charge in [0.05, 0.1) is 12.6 Å². The maximum Gasteiger partial charge on any atom is 0.315 e. The van der Waals surface area contributed by atoms with Crippen LogP contribution in [0.5, 0.6) is 0 Å². The lowest BCUT2D eigenvalue weighted by molar-refractivity contribution is -0.131. The SMILES string of the molecule is CC(NC(=O)NCC(=O)N1CCc2ccccc2C1)c1ccc(F)c(F)c1. The van der Waals surface area contributed by atoms with Crippen LogP contribution >= 0.6 is 0 Å². The van der Waals surface area contributed by atoms with Crippen LogP contribution < -0.4 is 10.6 Å². The normalized spacial score (nSPS) is 14.3. The zero-order valence-electron chi connectivity index (χ0n) is 15.0. The minimum atomic E-state index is -0.970. The second-order valence-electron chi connectivity index (χ2n) is 6.56. The monoisotopic (exact) mass is 373 g/mol. The number of fused-ring (bicyclic) bond motifs is 1. The van der Waals surface area contributed by atoms with Crippen molar-refractivity contribution in [3.63, 3.8) is 0 Å². The summed E-state index contributed by atoms with van der Waals surface area (Å²) in [5, 5.41) is 5.13. The fraction of sp³-hybridized carbons (Fsp3) is 0.300. The summed E-state index contributed by atoms with van der Waals surface area (Å²) in [5.41, 5.74) is 2.80. The average molecular weight is 373 g/mol. The summed E-state index contributed by atoms with van der Waals surface area (Å²) < 4.78 is 26.3. The van der Waals surface area contributed by atoms with Gasteiger partial charge in [0.1, 0.15) is 0 Å². The maximum atomic E-state index is 13.3. The molecule has 1 unspecified atom stereocenters. The van der Waals surface area contributed by atoms with E-state index in [1.807, 2.05) is 18.2 Å². The topological polar surface area (TPSA) is 61.4 Å². The molecule has 7 heteroatoms. The van der Waals surface area contributed by atoms with Crippen LogP contribution in [0.3, 0.4) is 0 Å². The third-order valence-corrected chi connectivity index (χ3v) is 4.67. The second-order valence-corrected chi connectivity index (χ2v) is 6.56. The van der Waals surface area contributed by atoms with Crippen molar-refractivity contribution < 1.29 is 18.4 Å². The number of urea groups is 1. The van der Waals surface area contributed by atoms with Crippen LogP contribution in [-0.4, -0.2) is 29.9 Å². The quantitative estimate of drug-likeness (QED) is 0.866. The van der Waals surface area contributed by atoms with E-state index in [2.05, 4.69) is 16.7 Å². The first-order chi connectivity index (χ1) is 12.9. The molecule has 0 spiro atoms. The first-order valence-corrected chi connectivity index (χ1v) is 8.78. The van der Waals surface area contributed by atoms with E-state index in [4.69, 9.17) is 0 Å². The summed E-state index contributed by atoms with van der Waals surface area (Å²) >= 11 is 0. The van der Waals surface area contributed by atoms with Crippen LogP contribution in [0.2, 0.25) is 0 Å². The third-order valence-electron chi connectivity index (χ3n) is 4.67. The number of amides is 3. The second kappa shape index (κ2) is 8.16. The number of rotatable bonds is 4. The number of benzene rings is 2. The van der Waals surface area contributed by atoms with Crippen LogP contribution in [0, 0.1) is 11.6 Å². The first kappa shape index (κ1) is 18.8. The lowest BCUT2D eigenvalue weighted by atomic mass is 10.00. The molecule has 0 saturated heterocycles. The molecule has 3 rings (SSSR count). The van der Waals surface area contributed by atoms with Gasteiger partial charge in [-0.15, -0.1) is 0 Å². The Hall–Kier alpha value is -2.96. The molecule has 142 valence electrons. The Morgan fingerprint density at radius 2 is 1.85 bits per heavy atom. The summed E-state index contributed by atoms with van der Waals surface area (Å²) in [6.07, 6.45) is 0.793. The van der Waals surface area contributed by atoms with Crippen LogP contribution in [0.1, 0.15) is 29.7 Å². The number of nitrogens with one attached hydrogen (secondary N) is 2. The Labute approximate surface area is 156 Å². The van der Waals surface area contributed by atoms with Crippen LogP contribution in [0.4, 0.5) is 13.6 Å². The largest absolute Gasteiger partial charge is 0.336 e. The van der Waals surface area contributed by atoms with Crippen molar-refractivity contribution in [2.45, 2.75) is 25.9 Å². The van der Waals surface area contributed by atoms with Gasteiger partial charge >= 0.3 is 6.03 Å². The molecule has 0 bridgehead atoms. The van der Waals surface area contributed by atoms with Gasteiger partial charge in [0.25, 0.3) is 0 Å². The molecular weight excluding hydrogens is 352 g/mol. The van der Waals surface area contributed by atoms with Crippen molar-refractivity contribution in [3.8, 4) is 0 Å². The summed E-state index contributed by atoms with van der Waals surface area (Å²) in [5.74, 6) is -2.08. The van der Waals surface area contributed by atoms with Crippen LogP contribution in [0.15, 0.2) is 42.5 Å². The molecule has 0 aliphatic carbocycles. The molecule has 1 aliphatic heterocycles. The van der Waals surface area contributed by atoms with Crippen molar-refractivity contribution in [3.05, 3.63) is 70.8 Å². The molecule has 5 nitrogen and oxygen atoms in total. The third kappa shape index (κ3) is 4.61. The molecule has 0 fully saturated rings. The average Bonchev–Trinajstić information content (AvgIpc) is 2.67. The van der Waals surface area contributed by atoms with Crippen molar-refractivity contribution in [2.75, 3.05) is 13.1 Å². The van der Waals surface area contributed by atoms with Gasteiger partial charge < -0.3 is 15.5 Å². The molecule has 0 aromatic heterocycles. The van der Waals surface area contributed by atoms with E-state index in [-0.39, 0.29) is 12.5 Å². The molecule has 2 N–H and O–H groups in total. The number of carbonyl (C=O) groups is 2. The van der Waals surface area contributed by atoms with Gasteiger partial charge in [-0.25, -0.2) is 13.6 Å². The lowest BCUT2D eigenvalue weighted by Crippen LogP contribution is -2.45. The molecule has 1 atom stereocenters. The molecular formula is C20H21F2N3O2. The van der Waals surface area contributed by atoms with Gasteiger partial charge in [-0.05, 0) is 42.2 Å². The molecule has 3 amide bonds. The molecule has 2 aromatic rings. The van der Waals surface area contributed by atoms with Gasteiger partial charge in [-0.2, -0.15) is 0 Å². The highest BCUT2D eigenvalue weighted by Gasteiger charge is 2.21. The summed E-state index contributed by atoms with van der Waals surface area (Å²) in [6, 6.07) is 10.4. The van der Waals surface area contributed by atoms with Crippen molar-refractivity contribution in [1.29, 1.82) is 0 Å². The summed E-state index contributed by atoms with van der Waals surface area (Å²) in [7, 11) is 0. The van der Waals surface area contributed by atoms with Crippen molar-refractivity contribution >= 4 is 11.9 Å². The van der Waals surface area contributed by atoms with Gasteiger partial charge in [0.2, 0.25) is 5.91 Å². The Morgan fingerprint density at radius 1 is 1.11 bits per heavy atom. The standard InChI is InChI=1S/C20H21F2N3O2/c1-13(15-6-7-17(21)18(22)10-15)24-20(27)23-11-19(26)25-9-8-14-4-2-3-5-16(14)12-25/h2-7,10,13H,8-9,11-12H2,1H3,(H2,23,24,27). The zero-order valence-corrected chi connectivity index (χ0v) is 15.0. The predicted molar refractivity (Wildman–Crippen MR) is 96.9 cm³/mol. The van der Waals surface area contributed by atoms with Gasteiger partial charge in [-0.3, -0.25) is 4.79 Å². The molecule has 0 saturated carbocycles. The predicted octanol–water partition coefficient (Wildman–Crippen LogP) is 2.91. The van der Waals surface area contributed by atoms with Crippen molar-refractivity contribution in [1.82, 2.24) is 15.5 Å². The number of hydrogen-bond acceptors (Lipinski definition) is 2. The Balaban J connectivity index is 1.49. The summed E-state index contributed by atoms with van der Waals surface area (Å²) in [4.78, 5) is 26.1. The molecule has 27 heavy (non-hydrogen) atoms. The van der Waals surface area contributed by atoms with Crippen LogP contribution in [0.25, 0.3) is 0 Å². The highest BCUT2D eigenvalue weighted by molar-refractivity contribution is 5.84. The molecule has 1 heterocycles. The minimum Gasteiger partial charge on any atom is -0.336 e. The highest BCUT2D eigenvalue weighted by Crippen LogP contribution is 2.18. The lowest BCUT2D eigenvalue weighted by Gasteiger charge is -2.29. The Bertz CT molecular complexity index is 857. The molecule has 1 aliphatic rings. The fourth-order valence-electron chi connectivity index (χ4n) is 3.09.